The second kappa shape index (κ2) is 5.83. The molecule has 0 aliphatic carbocycles. The van der Waals surface area contributed by atoms with Gasteiger partial charge in [-0.05, 0) is 25.0 Å². The Labute approximate surface area is 116 Å². The normalized spacial score (nSPS) is 19.2. The van der Waals surface area contributed by atoms with E-state index in [1.807, 2.05) is 12.1 Å². The fraction of sp³-hybridized carbons (Fsp3) is 0.357. The lowest BCUT2D eigenvalue weighted by atomic mass is 10.0. The Morgan fingerprint density at radius 3 is 2.65 bits per heavy atom. The Hall–Kier alpha value is -2.21. The van der Waals surface area contributed by atoms with Gasteiger partial charge in [-0.1, -0.05) is 18.2 Å². The maximum absolute atomic E-state index is 12.2. The van der Waals surface area contributed by atoms with E-state index < -0.39 is 23.8 Å². The molecule has 2 rings (SSSR count). The molecule has 1 atom stereocenters. The fourth-order valence-corrected chi connectivity index (χ4v) is 2.06. The summed E-state index contributed by atoms with van der Waals surface area (Å²) < 4.78 is 5.02. The number of nitrogens with zero attached hydrogens (tertiary/aromatic N) is 1. The van der Waals surface area contributed by atoms with E-state index in [9.17, 15) is 14.4 Å². The van der Waals surface area contributed by atoms with Gasteiger partial charge in [-0.3, -0.25) is 14.9 Å². The summed E-state index contributed by atoms with van der Waals surface area (Å²) >= 11 is 0. The number of benzene rings is 1. The molecule has 106 valence electrons. The molecule has 1 aliphatic rings. The Morgan fingerprint density at radius 1 is 1.25 bits per heavy atom. The van der Waals surface area contributed by atoms with Gasteiger partial charge in [0.25, 0.3) is 0 Å². The van der Waals surface area contributed by atoms with Gasteiger partial charge in [0, 0.05) is 7.11 Å². The van der Waals surface area contributed by atoms with Crippen LogP contribution in [0.1, 0.15) is 12.5 Å². The number of hydrogen-bond donors (Lipinski definition) is 1. The molecule has 0 radical (unpaired) electrons. The number of para-hydroxylation sites is 1. The zero-order valence-corrected chi connectivity index (χ0v) is 11.4. The highest BCUT2D eigenvalue weighted by atomic mass is 16.5. The van der Waals surface area contributed by atoms with Crippen molar-refractivity contribution in [3.8, 4) is 0 Å². The van der Waals surface area contributed by atoms with Crippen molar-refractivity contribution < 1.29 is 19.1 Å². The van der Waals surface area contributed by atoms with Crippen LogP contribution in [-0.2, 0) is 20.7 Å². The molecule has 0 aromatic heterocycles. The molecular weight excluding hydrogens is 260 g/mol. The smallest absolute Gasteiger partial charge is 0.335 e. The SMILES string of the molecule is COCCc1ccccc1N1C(=O)NC(=O)C(C)C1=O. The number of carbonyl (C=O) groups is 3. The van der Waals surface area contributed by atoms with Crippen LogP contribution in [0.5, 0.6) is 0 Å². The van der Waals surface area contributed by atoms with Gasteiger partial charge in [0.15, 0.2) is 0 Å². The zero-order chi connectivity index (χ0) is 14.7. The van der Waals surface area contributed by atoms with Crippen molar-refractivity contribution in [1.82, 2.24) is 5.32 Å². The number of ether oxygens (including phenoxy) is 1. The number of urea groups is 1. The third-order valence-corrected chi connectivity index (χ3v) is 3.23. The maximum Gasteiger partial charge on any atom is 0.335 e. The maximum atomic E-state index is 12.2. The predicted octanol–water partition coefficient (Wildman–Crippen LogP) is 1.09. The number of methoxy groups -OCH3 is 1. The number of barbiturate groups is 1. The first-order valence-corrected chi connectivity index (χ1v) is 6.32. The standard InChI is InChI=1S/C14H16N2O4/c1-9-12(17)15-14(19)16(13(9)18)11-6-4-3-5-10(11)7-8-20-2/h3-6,9H,7-8H2,1-2H3,(H,15,17,19). The third-order valence-electron chi connectivity index (χ3n) is 3.23. The van der Waals surface area contributed by atoms with Crippen LogP contribution in [0.15, 0.2) is 24.3 Å². The second-order valence-electron chi connectivity index (χ2n) is 4.56. The molecule has 6 nitrogen and oxygen atoms in total. The highest BCUT2D eigenvalue weighted by Gasteiger charge is 2.38. The monoisotopic (exact) mass is 276 g/mol. The van der Waals surface area contributed by atoms with Crippen LogP contribution < -0.4 is 10.2 Å². The lowest BCUT2D eigenvalue weighted by Crippen LogP contribution is -2.57. The highest BCUT2D eigenvalue weighted by Crippen LogP contribution is 2.25. The van der Waals surface area contributed by atoms with Crippen molar-refractivity contribution >= 4 is 23.5 Å². The van der Waals surface area contributed by atoms with Gasteiger partial charge in [-0.25, -0.2) is 9.69 Å². The van der Waals surface area contributed by atoms with Gasteiger partial charge in [0.2, 0.25) is 11.8 Å². The van der Waals surface area contributed by atoms with Crippen molar-refractivity contribution in [2.45, 2.75) is 13.3 Å². The quantitative estimate of drug-likeness (QED) is 0.835. The van der Waals surface area contributed by atoms with E-state index in [2.05, 4.69) is 5.32 Å². The summed E-state index contributed by atoms with van der Waals surface area (Å²) in [5, 5.41) is 2.19. The molecule has 4 amide bonds. The average Bonchev–Trinajstić information content (AvgIpc) is 2.44. The average molecular weight is 276 g/mol. The van der Waals surface area contributed by atoms with Gasteiger partial charge in [0.05, 0.1) is 12.3 Å². The third kappa shape index (κ3) is 2.55. The minimum absolute atomic E-state index is 0.481. The minimum Gasteiger partial charge on any atom is -0.384 e. The second-order valence-corrected chi connectivity index (χ2v) is 4.56. The number of anilines is 1. The van der Waals surface area contributed by atoms with Gasteiger partial charge in [-0.2, -0.15) is 0 Å². The van der Waals surface area contributed by atoms with Gasteiger partial charge in [0.1, 0.15) is 5.92 Å². The number of rotatable bonds is 4. The Bertz CT molecular complexity index is 556. The highest BCUT2D eigenvalue weighted by molar-refractivity contribution is 6.27. The molecule has 1 unspecified atom stereocenters. The first-order valence-electron chi connectivity index (χ1n) is 6.32. The number of nitrogens with one attached hydrogen (secondary N) is 1. The molecule has 0 bridgehead atoms. The molecule has 0 saturated carbocycles. The summed E-state index contributed by atoms with van der Waals surface area (Å²) in [6.07, 6.45) is 0.575. The van der Waals surface area contributed by atoms with Crippen LogP contribution in [-0.4, -0.2) is 31.6 Å². The van der Waals surface area contributed by atoms with Gasteiger partial charge < -0.3 is 4.74 Å². The lowest BCUT2D eigenvalue weighted by Gasteiger charge is -2.29. The largest absolute Gasteiger partial charge is 0.384 e. The summed E-state index contributed by atoms with van der Waals surface area (Å²) in [4.78, 5) is 36.6. The molecule has 6 heteroatoms. The molecule has 1 aliphatic heterocycles. The van der Waals surface area contributed by atoms with Crippen molar-refractivity contribution in [2.24, 2.45) is 5.92 Å². The van der Waals surface area contributed by atoms with E-state index in [0.717, 1.165) is 10.5 Å². The van der Waals surface area contributed by atoms with E-state index in [4.69, 9.17) is 4.74 Å². The minimum atomic E-state index is -0.872. The van der Waals surface area contributed by atoms with Crippen molar-refractivity contribution in [1.29, 1.82) is 0 Å². The number of hydrogen-bond acceptors (Lipinski definition) is 4. The predicted molar refractivity (Wildman–Crippen MR) is 72.2 cm³/mol. The van der Waals surface area contributed by atoms with Crippen LogP contribution in [0.25, 0.3) is 0 Å². The van der Waals surface area contributed by atoms with Crippen LogP contribution >= 0.6 is 0 Å². The molecular formula is C14H16N2O4. The number of imide groups is 2. The number of carbonyl (C=O) groups excluding carboxylic acids is 3. The van der Waals surface area contributed by atoms with Crippen LogP contribution in [0.3, 0.4) is 0 Å². The summed E-state index contributed by atoms with van der Waals surface area (Å²) in [7, 11) is 1.59. The molecule has 1 saturated heterocycles. The molecule has 1 N–H and O–H groups in total. The van der Waals surface area contributed by atoms with Gasteiger partial charge in [-0.15, -0.1) is 0 Å². The molecule has 1 heterocycles. The first-order chi connectivity index (χ1) is 9.56. The van der Waals surface area contributed by atoms with Gasteiger partial charge >= 0.3 is 6.03 Å². The van der Waals surface area contributed by atoms with Crippen LogP contribution in [0, 0.1) is 5.92 Å². The van der Waals surface area contributed by atoms with Crippen LogP contribution in [0.4, 0.5) is 10.5 Å². The van der Waals surface area contributed by atoms with Crippen LogP contribution in [0.2, 0.25) is 0 Å². The molecule has 20 heavy (non-hydrogen) atoms. The van der Waals surface area contributed by atoms with E-state index in [1.54, 1.807) is 19.2 Å². The first kappa shape index (κ1) is 14.2. The Morgan fingerprint density at radius 2 is 1.95 bits per heavy atom. The summed E-state index contributed by atoms with van der Waals surface area (Å²) in [6.45, 7) is 1.96. The summed E-state index contributed by atoms with van der Waals surface area (Å²) in [5.74, 6) is -1.95. The van der Waals surface area contributed by atoms with Crippen molar-refractivity contribution in [3.63, 3.8) is 0 Å². The number of amides is 4. The topological polar surface area (TPSA) is 75.7 Å². The lowest BCUT2D eigenvalue weighted by molar-refractivity contribution is -0.133. The summed E-state index contributed by atoms with van der Waals surface area (Å²) in [6, 6.07) is 6.38. The Kier molecular flexibility index (Phi) is 4.14. The van der Waals surface area contributed by atoms with E-state index in [1.165, 1.54) is 6.92 Å². The molecule has 1 aromatic carbocycles. The summed E-state index contributed by atoms with van der Waals surface area (Å²) in [5.41, 5.74) is 1.31. The zero-order valence-electron chi connectivity index (χ0n) is 11.4. The van der Waals surface area contributed by atoms with E-state index in [0.29, 0.717) is 18.7 Å². The van der Waals surface area contributed by atoms with E-state index in [-0.39, 0.29) is 0 Å². The molecule has 1 fully saturated rings. The van der Waals surface area contributed by atoms with Crippen molar-refractivity contribution in [3.05, 3.63) is 29.8 Å². The fourth-order valence-electron chi connectivity index (χ4n) is 2.06. The van der Waals surface area contributed by atoms with Crippen molar-refractivity contribution in [2.75, 3.05) is 18.6 Å². The molecule has 1 aromatic rings. The molecule has 0 spiro atoms. The Balaban J connectivity index is 2.37. The van der Waals surface area contributed by atoms with E-state index >= 15 is 0 Å².